The van der Waals surface area contributed by atoms with Gasteiger partial charge in [-0.1, -0.05) is 34.3 Å². The molecule has 1 atom stereocenters. The molecule has 0 amide bonds. The molecule has 2 aromatic rings. The number of nitrogens with one attached hydrogen (secondary N) is 1. The van der Waals surface area contributed by atoms with Crippen LogP contribution in [0.2, 0.25) is 5.02 Å². The second kappa shape index (κ2) is 6.29. The Labute approximate surface area is 121 Å². The van der Waals surface area contributed by atoms with Gasteiger partial charge in [0.1, 0.15) is 10.7 Å². The molecule has 0 radical (unpaired) electrons. The fourth-order valence-corrected chi connectivity index (χ4v) is 2.62. The van der Waals surface area contributed by atoms with Crippen LogP contribution in [0.15, 0.2) is 24.3 Å². The molecule has 102 valence electrons. The third-order valence-electron chi connectivity index (χ3n) is 3.10. The van der Waals surface area contributed by atoms with E-state index in [0.29, 0.717) is 6.54 Å². The summed E-state index contributed by atoms with van der Waals surface area (Å²) in [7, 11) is 2.02. The number of hydrogen-bond acceptors (Lipinski definition) is 6. The molecule has 7 heteroatoms. The molecule has 1 aromatic carbocycles. The van der Waals surface area contributed by atoms with Crippen LogP contribution in [0.1, 0.15) is 24.2 Å². The average molecular weight is 298 g/mol. The monoisotopic (exact) mass is 297 g/mol. The molecular weight excluding hydrogens is 282 g/mol. The van der Waals surface area contributed by atoms with Gasteiger partial charge in [-0.2, -0.15) is 0 Å². The van der Waals surface area contributed by atoms with E-state index in [1.165, 1.54) is 11.5 Å². The number of aromatic nitrogens is 2. The summed E-state index contributed by atoms with van der Waals surface area (Å²) in [6.07, 6.45) is 0. The topological polar surface area (TPSA) is 67.1 Å². The highest BCUT2D eigenvalue weighted by Crippen LogP contribution is 2.28. The highest BCUT2D eigenvalue weighted by Gasteiger charge is 2.17. The lowest BCUT2D eigenvalue weighted by molar-refractivity contribution is 0.250. The van der Waals surface area contributed by atoms with E-state index in [-0.39, 0.29) is 6.04 Å². The zero-order valence-electron chi connectivity index (χ0n) is 10.8. The first-order valence-corrected chi connectivity index (χ1v) is 7.01. The SMILES string of the molecule is CC(c1ccccc1Cl)N(C)Cc1nnsc1NN. The van der Waals surface area contributed by atoms with Crippen LogP contribution in [0, 0.1) is 0 Å². The molecule has 0 saturated carbocycles. The molecule has 0 bridgehead atoms. The van der Waals surface area contributed by atoms with E-state index in [1.807, 2.05) is 31.3 Å². The number of rotatable bonds is 5. The lowest BCUT2D eigenvalue weighted by Crippen LogP contribution is -2.23. The van der Waals surface area contributed by atoms with Crippen molar-refractivity contribution in [2.75, 3.05) is 12.5 Å². The van der Waals surface area contributed by atoms with Crippen molar-refractivity contribution in [3.05, 3.63) is 40.5 Å². The maximum Gasteiger partial charge on any atom is 0.148 e. The lowest BCUT2D eigenvalue weighted by Gasteiger charge is -2.25. The normalized spacial score (nSPS) is 12.7. The van der Waals surface area contributed by atoms with Crippen molar-refractivity contribution in [3.8, 4) is 0 Å². The number of nitrogen functional groups attached to an aromatic ring is 1. The Morgan fingerprint density at radius 2 is 2.21 bits per heavy atom. The standard InChI is InChI=1S/C12H16ClN5S/c1-8(9-5-3-4-6-10(9)13)18(2)7-11-12(15-14)19-17-16-11/h3-6,8,15H,7,14H2,1-2H3. The number of anilines is 1. The molecule has 3 N–H and O–H groups in total. The van der Waals surface area contributed by atoms with Gasteiger partial charge < -0.3 is 5.43 Å². The van der Waals surface area contributed by atoms with Gasteiger partial charge in [0.25, 0.3) is 0 Å². The van der Waals surface area contributed by atoms with Gasteiger partial charge in [-0.05, 0) is 25.6 Å². The molecular formula is C12H16ClN5S. The minimum Gasteiger partial charge on any atom is -0.313 e. The fourth-order valence-electron chi connectivity index (χ4n) is 1.85. The second-order valence-corrected chi connectivity index (χ2v) is 5.47. The zero-order chi connectivity index (χ0) is 13.8. The van der Waals surface area contributed by atoms with E-state index < -0.39 is 0 Å². The van der Waals surface area contributed by atoms with Gasteiger partial charge in [0.2, 0.25) is 0 Å². The predicted molar refractivity (Wildman–Crippen MR) is 79.1 cm³/mol. The Bertz CT molecular complexity index is 544. The Kier molecular flexibility index (Phi) is 4.71. The number of halogens is 1. The first-order chi connectivity index (χ1) is 9.13. The van der Waals surface area contributed by atoms with E-state index in [1.54, 1.807) is 0 Å². The first kappa shape index (κ1) is 14.2. The van der Waals surface area contributed by atoms with Gasteiger partial charge in [0.15, 0.2) is 0 Å². The van der Waals surface area contributed by atoms with Crippen LogP contribution in [0.5, 0.6) is 0 Å². The average Bonchev–Trinajstić information content (AvgIpc) is 2.85. The molecule has 0 fully saturated rings. The van der Waals surface area contributed by atoms with E-state index in [9.17, 15) is 0 Å². The minimum atomic E-state index is 0.182. The summed E-state index contributed by atoms with van der Waals surface area (Å²) in [5.74, 6) is 5.42. The number of hydrogen-bond donors (Lipinski definition) is 2. The Morgan fingerprint density at radius 1 is 1.47 bits per heavy atom. The summed E-state index contributed by atoms with van der Waals surface area (Å²) in [4.78, 5) is 2.15. The van der Waals surface area contributed by atoms with Crippen LogP contribution in [-0.2, 0) is 6.54 Å². The van der Waals surface area contributed by atoms with Gasteiger partial charge in [0.05, 0.1) is 0 Å². The first-order valence-electron chi connectivity index (χ1n) is 5.86. The largest absolute Gasteiger partial charge is 0.313 e. The molecule has 2 rings (SSSR count). The molecule has 19 heavy (non-hydrogen) atoms. The van der Waals surface area contributed by atoms with Gasteiger partial charge >= 0.3 is 0 Å². The van der Waals surface area contributed by atoms with Crippen LogP contribution in [0.3, 0.4) is 0 Å². The van der Waals surface area contributed by atoms with E-state index >= 15 is 0 Å². The summed E-state index contributed by atoms with van der Waals surface area (Å²) in [6, 6.07) is 8.03. The number of nitrogens with two attached hydrogens (primary N) is 1. The minimum absolute atomic E-state index is 0.182. The van der Waals surface area contributed by atoms with Gasteiger partial charge in [-0.3, -0.25) is 4.90 Å². The van der Waals surface area contributed by atoms with Crippen molar-refractivity contribution >= 4 is 28.1 Å². The lowest BCUT2D eigenvalue weighted by atomic mass is 10.1. The number of nitrogens with zero attached hydrogens (tertiary/aromatic N) is 3. The zero-order valence-corrected chi connectivity index (χ0v) is 12.4. The van der Waals surface area contributed by atoms with Gasteiger partial charge in [-0.25, -0.2) is 5.84 Å². The van der Waals surface area contributed by atoms with Crippen LogP contribution < -0.4 is 11.3 Å². The highest BCUT2D eigenvalue weighted by molar-refractivity contribution is 7.10. The summed E-state index contributed by atoms with van der Waals surface area (Å²) < 4.78 is 3.89. The van der Waals surface area contributed by atoms with Crippen LogP contribution in [0.25, 0.3) is 0 Å². The summed E-state index contributed by atoms with van der Waals surface area (Å²) in [5, 5.41) is 5.64. The maximum atomic E-state index is 6.22. The quantitative estimate of drug-likeness (QED) is 0.656. The second-order valence-electron chi connectivity index (χ2n) is 4.31. The molecule has 0 aliphatic heterocycles. The van der Waals surface area contributed by atoms with Crippen molar-refractivity contribution in [3.63, 3.8) is 0 Å². The predicted octanol–water partition coefficient (Wildman–Crippen LogP) is 2.67. The van der Waals surface area contributed by atoms with Crippen LogP contribution in [0.4, 0.5) is 5.00 Å². The number of benzene rings is 1. The van der Waals surface area contributed by atoms with Crippen LogP contribution >= 0.6 is 23.1 Å². The van der Waals surface area contributed by atoms with Crippen molar-refractivity contribution in [1.82, 2.24) is 14.5 Å². The van der Waals surface area contributed by atoms with Crippen molar-refractivity contribution < 1.29 is 0 Å². The summed E-state index contributed by atoms with van der Waals surface area (Å²) >= 11 is 7.47. The van der Waals surface area contributed by atoms with Crippen molar-refractivity contribution in [2.24, 2.45) is 5.84 Å². The Hall–Kier alpha value is -1.21. The van der Waals surface area contributed by atoms with E-state index in [0.717, 1.165) is 21.3 Å². The van der Waals surface area contributed by atoms with Gasteiger partial charge in [0, 0.05) is 29.1 Å². The molecule has 1 heterocycles. The molecule has 1 unspecified atom stereocenters. The molecule has 0 spiro atoms. The molecule has 5 nitrogen and oxygen atoms in total. The molecule has 0 saturated heterocycles. The Balaban J connectivity index is 2.12. The van der Waals surface area contributed by atoms with Crippen molar-refractivity contribution in [1.29, 1.82) is 0 Å². The fraction of sp³-hybridized carbons (Fsp3) is 0.333. The smallest absolute Gasteiger partial charge is 0.148 e. The summed E-state index contributed by atoms with van der Waals surface area (Å²) in [6.45, 7) is 2.76. The maximum absolute atomic E-state index is 6.22. The summed E-state index contributed by atoms with van der Waals surface area (Å²) in [5.41, 5.74) is 4.55. The molecule has 0 aliphatic rings. The molecule has 0 aliphatic carbocycles. The highest BCUT2D eigenvalue weighted by atomic mass is 35.5. The van der Waals surface area contributed by atoms with Crippen molar-refractivity contribution in [2.45, 2.75) is 19.5 Å². The van der Waals surface area contributed by atoms with Gasteiger partial charge in [-0.15, -0.1) is 5.10 Å². The number of hydrazine groups is 1. The third-order valence-corrected chi connectivity index (χ3v) is 4.15. The van der Waals surface area contributed by atoms with E-state index in [4.69, 9.17) is 17.4 Å². The van der Waals surface area contributed by atoms with Crippen LogP contribution in [-0.4, -0.2) is 21.5 Å². The van der Waals surface area contributed by atoms with E-state index in [2.05, 4.69) is 26.8 Å². The third kappa shape index (κ3) is 3.22. The Morgan fingerprint density at radius 3 is 2.89 bits per heavy atom. The molecule has 1 aromatic heterocycles.